The summed E-state index contributed by atoms with van der Waals surface area (Å²) in [6, 6.07) is 0. The first kappa shape index (κ1) is 31.9. The number of aromatic nitrogens is 2. The maximum absolute atomic E-state index is 12.2. The molecule has 2 heterocycles. The fourth-order valence-corrected chi connectivity index (χ4v) is 6.03. The van der Waals surface area contributed by atoms with Gasteiger partial charge in [-0.2, -0.15) is 8.62 Å². The molecule has 5 unspecified atom stereocenters. The highest BCUT2D eigenvalue weighted by Gasteiger charge is 2.43. The lowest BCUT2D eigenvalue weighted by atomic mass is 10.2. The number of phosphoric ester groups is 2. The Kier molecular flexibility index (Phi) is 10.6. The molecule has 1 aromatic rings. The van der Waals surface area contributed by atoms with Crippen LogP contribution >= 0.6 is 31.3 Å². The van der Waals surface area contributed by atoms with Crippen LogP contribution in [0.5, 0.6) is 0 Å². The molecule has 0 aliphatic carbocycles. The fourth-order valence-electron chi connectivity index (χ4n) is 2.67. The van der Waals surface area contributed by atoms with Crippen molar-refractivity contribution in [2.45, 2.75) is 31.3 Å². The van der Waals surface area contributed by atoms with E-state index in [-0.39, 0.29) is 18.4 Å². The van der Waals surface area contributed by atoms with Gasteiger partial charge in [0.05, 0.1) is 19.3 Å². The molecule has 0 spiro atoms. The van der Waals surface area contributed by atoms with Crippen molar-refractivity contribution in [1.82, 2.24) is 9.55 Å². The number of aliphatic hydroxyl groups is 1. The number of phosphoric acid groups is 4. The highest BCUT2D eigenvalue weighted by Crippen LogP contribution is 2.66. The van der Waals surface area contributed by atoms with Crippen LogP contribution in [0.25, 0.3) is 0 Å². The van der Waals surface area contributed by atoms with Crippen LogP contribution in [0.15, 0.2) is 15.8 Å². The van der Waals surface area contributed by atoms with Gasteiger partial charge in [-0.25, -0.2) is 23.1 Å². The second kappa shape index (κ2) is 12.2. The Hall–Kier alpha value is -1.32. The number of nitrogens with one attached hydrogen (secondary N) is 1. The van der Waals surface area contributed by atoms with Crippen molar-refractivity contribution in [2.24, 2.45) is 0 Å². The van der Waals surface area contributed by atoms with Gasteiger partial charge in [-0.05, 0) is 0 Å². The van der Waals surface area contributed by atoms with Gasteiger partial charge in [0.2, 0.25) is 0 Å². The topological polar surface area (TPSA) is 311 Å². The summed E-state index contributed by atoms with van der Waals surface area (Å²) in [5, 5.41) is 10.1. The molecule has 1 aromatic heterocycles. The SMILES string of the molecule is O=c1[nH]c(=O)n(C2CC(O)C(COP(=O)(O)OP(=O)(O)OP(=O)(O)O)O2)cc1C#CCCOP(=O)(O)O. The summed E-state index contributed by atoms with van der Waals surface area (Å²) in [6.45, 7) is -1.43. The molecule has 37 heavy (non-hydrogen) atoms. The van der Waals surface area contributed by atoms with Crippen LogP contribution in [0.2, 0.25) is 0 Å². The maximum Gasteiger partial charge on any atom is 0.490 e. The van der Waals surface area contributed by atoms with E-state index in [1.165, 1.54) is 0 Å². The van der Waals surface area contributed by atoms with E-state index in [9.17, 15) is 37.8 Å². The highest BCUT2D eigenvalue weighted by molar-refractivity contribution is 7.66. The minimum atomic E-state index is -5.75. The molecule has 0 saturated carbocycles. The Bertz CT molecular complexity index is 1350. The molecule has 20 nitrogen and oxygen atoms in total. The predicted molar refractivity (Wildman–Crippen MR) is 115 cm³/mol. The Morgan fingerprint density at radius 3 is 2.24 bits per heavy atom. The molecule has 1 aliphatic heterocycles. The molecule has 24 heteroatoms. The molecule has 0 bridgehead atoms. The molecule has 1 fully saturated rings. The number of aliphatic hydroxyl groups excluding tert-OH is 1. The zero-order valence-corrected chi connectivity index (χ0v) is 21.6. The van der Waals surface area contributed by atoms with Gasteiger partial charge in [0.15, 0.2) is 0 Å². The molecule has 0 amide bonds. The second-order valence-corrected chi connectivity index (χ2v) is 12.6. The third kappa shape index (κ3) is 11.1. The summed E-state index contributed by atoms with van der Waals surface area (Å²) in [5.41, 5.74) is -2.18. The number of ether oxygens (including phenoxy) is 1. The molecule has 0 aromatic carbocycles. The van der Waals surface area contributed by atoms with E-state index in [2.05, 4.69) is 29.5 Å². The maximum atomic E-state index is 12.2. The lowest BCUT2D eigenvalue weighted by molar-refractivity contribution is -0.0450. The molecule has 5 atom stereocenters. The van der Waals surface area contributed by atoms with Crippen molar-refractivity contribution < 1.29 is 75.1 Å². The van der Waals surface area contributed by atoms with Crippen LogP contribution in [0, 0.1) is 11.8 Å². The number of nitrogens with zero attached hydrogens (tertiary/aromatic N) is 1. The van der Waals surface area contributed by atoms with Crippen molar-refractivity contribution in [1.29, 1.82) is 0 Å². The summed E-state index contributed by atoms with van der Waals surface area (Å²) in [6.07, 6.45) is -3.71. The summed E-state index contributed by atoms with van der Waals surface area (Å²) in [7, 11) is -21.5. The summed E-state index contributed by atoms with van der Waals surface area (Å²) in [5.74, 6) is 4.76. The quantitative estimate of drug-likeness (QED) is 0.0786. The first-order valence-electron chi connectivity index (χ1n) is 9.43. The predicted octanol–water partition coefficient (Wildman–Crippen LogP) is -1.62. The lowest BCUT2D eigenvalue weighted by Gasteiger charge is -2.19. The van der Waals surface area contributed by atoms with Crippen molar-refractivity contribution >= 4 is 31.3 Å². The number of hydrogen-bond acceptors (Lipinski definition) is 12. The van der Waals surface area contributed by atoms with Crippen LogP contribution in [0.1, 0.15) is 24.6 Å². The van der Waals surface area contributed by atoms with Gasteiger partial charge in [0.1, 0.15) is 17.9 Å². The average Bonchev–Trinajstić information content (AvgIpc) is 3.04. The normalized spacial score (nSPS) is 23.6. The zero-order valence-electron chi connectivity index (χ0n) is 18.0. The first-order valence-corrected chi connectivity index (χ1v) is 15.5. The van der Waals surface area contributed by atoms with Crippen molar-refractivity contribution in [3.8, 4) is 11.8 Å². The molecular formula is C13H20N2O18P4. The molecule has 1 saturated heterocycles. The van der Waals surface area contributed by atoms with E-state index < -0.39 is 74.2 Å². The summed E-state index contributed by atoms with van der Waals surface area (Å²) < 4.78 is 66.3. The van der Waals surface area contributed by atoms with Crippen LogP contribution in [-0.2, 0) is 40.7 Å². The number of rotatable bonds is 11. The summed E-state index contributed by atoms with van der Waals surface area (Å²) in [4.78, 5) is 78.9. The number of aromatic amines is 1. The fraction of sp³-hybridized carbons (Fsp3) is 0.538. The Balaban J connectivity index is 2.07. The van der Waals surface area contributed by atoms with Gasteiger partial charge < -0.3 is 39.2 Å². The Morgan fingerprint density at radius 1 is 1.00 bits per heavy atom. The average molecular weight is 616 g/mol. The smallest absolute Gasteiger partial charge is 0.390 e. The lowest BCUT2D eigenvalue weighted by Crippen LogP contribution is -2.33. The molecule has 210 valence electrons. The Labute approximate surface area is 205 Å². The van der Waals surface area contributed by atoms with Gasteiger partial charge in [-0.1, -0.05) is 11.8 Å². The van der Waals surface area contributed by atoms with E-state index in [0.29, 0.717) is 0 Å². The first-order chi connectivity index (χ1) is 16.8. The molecular weight excluding hydrogens is 596 g/mol. The van der Waals surface area contributed by atoms with Crippen LogP contribution in [-0.4, -0.2) is 69.4 Å². The van der Waals surface area contributed by atoms with Gasteiger partial charge in [0.25, 0.3) is 5.56 Å². The standard InChI is InChI=1S/C13H20N2O18P4/c16-9-5-11(31-10(9)7-30-36(25,26)33-37(27,28)32-35(22,23)24)15-6-8(12(17)14-13(15)18)3-1-2-4-29-34(19,20)21/h6,9-11,16H,2,4-5,7H2,(H,25,26)(H,27,28)(H,14,17,18)(H2,19,20,21)(H2,22,23,24). The minimum Gasteiger partial charge on any atom is -0.390 e. The van der Waals surface area contributed by atoms with Crippen LogP contribution in [0.3, 0.4) is 0 Å². The Morgan fingerprint density at radius 2 is 1.65 bits per heavy atom. The van der Waals surface area contributed by atoms with Crippen LogP contribution in [0.4, 0.5) is 0 Å². The molecule has 1 aliphatic rings. The van der Waals surface area contributed by atoms with E-state index in [1.54, 1.807) is 0 Å². The molecule has 2 rings (SSSR count). The van der Waals surface area contributed by atoms with E-state index in [4.69, 9.17) is 29.2 Å². The zero-order chi connectivity index (χ0) is 28.2. The van der Waals surface area contributed by atoms with Gasteiger partial charge in [0, 0.05) is 19.0 Å². The molecule has 8 N–H and O–H groups in total. The minimum absolute atomic E-state index is 0.189. The number of H-pyrrole nitrogens is 1. The molecule has 0 radical (unpaired) electrons. The van der Waals surface area contributed by atoms with E-state index in [1.807, 2.05) is 4.98 Å². The largest absolute Gasteiger partial charge is 0.490 e. The van der Waals surface area contributed by atoms with Crippen LogP contribution < -0.4 is 11.2 Å². The van der Waals surface area contributed by atoms with Gasteiger partial charge >= 0.3 is 37.0 Å². The highest BCUT2D eigenvalue weighted by atomic mass is 31.3. The third-order valence-corrected chi connectivity index (χ3v) is 8.33. The van der Waals surface area contributed by atoms with E-state index in [0.717, 1.165) is 10.8 Å². The van der Waals surface area contributed by atoms with Crippen molar-refractivity contribution in [3.63, 3.8) is 0 Å². The van der Waals surface area contributed by atoms with Gasteiger partial charge in [-0.15, -0.1) is 0 Å². The van der Waals surface area contributed by atoms with Crippen molar-refractivity contribution in [2.75, 3.05) is 13.2 Å². The second-order valence-electron chi connectivity index (χ2n) is 6.90. The van der Waals surface area contributed by atoms with E-state index >= 15 is 0 Å². The third-order valence-electron chi connectivity index (χ3n) is 4.01. The number of hydrogen-bond donors (Lipinski definition) is 8. The van der Waals surface area contributed by atoms with Crippen molar-refractivity contribution in [3.05, 3.63) is 32.6 Å². The van der Waals surface area contributed by atoms with Gasteiger partial charge in [-0.3, -0.25) is 23.4 Å². The monoisotopic (exact) mass is 616 g/mol. The summed E-state index contributed by atoms with van der Waals surface area (Å²) >= 11 is 0.